The molecule has 2 fully saturated rings. The number of primary amides is 1. The molecule has 0 saturated carbocycles. The molecule has 2 heterocycles. The number of piperidine rings is 1. The summed E-state index contributed by atoms with van der Waals surface area (Å²) < 4.78 is 95.3. The number of likely N-dealkylation sites (tertiary alicyclic amines) is 2. The summed E-state index contributed by atoms with van der Waals surface area (Å²) in [6.07, 6.45) is -5.36. The molecule has 1 aromatic rings. The monoisotopic (exact) mass is 519 g/mol. The van der Waals surface area contributed by atoms with Crippen LogP contribution < -0.4 is 5.73 Å². The van der Waals surface area contributed by atoms with Crippen molar-refractivity contribution >= 4 is 5.91 Å². The zero-order chi connectivity index (χ0) is 26.3. The van der Waals surface area contributed by atoms with Crippen LogP contribution in [0.3, 0.4) is 0 Å². The second-order valence-corrected chi connectivity index (χ2v) is 9.83. The number of carbonyl (C=O) groups is 1. The van der Waals surface area contributed by atoms with Gasteiger partial charge < -0.3 is 10.6 Å². The van der Waals surface area contributed by atoms with Crippen molar-refractivity contribution < 1.29 is 35.5 Å². The third-order valence-corrected chi connectivity index (χ3v) is 7.38. The first kappa shape index (κ1) is 26.7. The Morgan fingerprint density at radius 3 is 2.19 bits per heavy atom. The summed E-state index contributed by atoms with van der Waals surface area (Å²) in [4.78, 5) is 16.3. The van der Waals surface area contributed by atoms with Gasteiger partial charge in [-0.25, -0.2) is 4.39 Å². The zero-order valence-electron chi connectivity index (χ0n) is 19.6. The lowest BCUT2D eigenvalue weighted by molar-refractivity contribution is -0.138. The minimum Gasteiger partial charge on any atom is -0.366 e. The van der Waals surface area contributed by atoms with Gasteiger partial charge in [-0.05, 0) is 68.1 Å². The number of nitrogens with two attached hydrogens (primary N) is 1. The van der Waals surface area contributed by atoms with E-state index in [0.29, 0.717) is 32.0 Å². The van der Waals surface area contributed by atoms with Crippen LogP contribution in [0.2, 0.25) is 0 Å². The summed E-state index contributed by atoms with van der Waals surface area (Å²) in [5.41, 5.74) is 2.05. The first-order valence-corrected chi connectivity index (χ1v) is 11.9. The molecule has 0 spiro atoms. The van der Waals surface area contributed by atoms with Gasteiger partial charge in [0.2, 0.25) is 5.91 Å². The van der Waals surface area contributed by atoms with Crippen molar-refractivity contribution in [3.8, 4) is 0 Å². The molecule has 4 nitrogen and oxygen atoms in total. The number of hydrogen-bond acceptors (Lipinski definition) is 3. The summed E-state index contributed by atoms with van der Waals surface area (Å²) in [7, 11) is 0. The van der Waals surface area contributed by atoms with Gasteiger partial charge >= 0.3 is 12.4 Å². The number of hydrogen-bond donors (Lipinski definition) is 1. The summed E-state index contributed by atoms with van der Waals surface area (Å²) in [5.74, 6) is -2.13. The quantitative estimate of drug-likeness (QED) is 0.538. The Bertz CT molecular complexity index is 1050. The number of allylic oxidation sites excluding steroid dienone is 2. The Hall–Kier alpha value is -2.40. The molecule has 3 aliphatic rings. The van der Waals surface area contributed by atoms with Crippen molar-refractivity contribution in [2.75, 3.05) is 26.2 Å². The first-order valence-electron chi connectivity index (χ1n) is 11.9. The molecule has 198 valence electrons. The topological polar surface area (TPSA) is 49.6 Å². The van der Waals surface area contributed by atoms with Crippen molar-refractivity contribution in [3.05, 3.63) is 58.4 Å². The lowest BCUT2D eigenvalue weighted by Gasteiger charge is -2.49. The largest absolute Gasteiger partial charge is 0.416 e. The van der Waals surface area contributed by atoms with Crippen LogP contribution in [0.5, 0.6) is 0 Å². The molecule has 2 N–H and O–H groups in total. The van der Waals surface area contributed by atoms with E-state index in [1.54, 1.807) is 4.90 Å². The molecule has 36 heavy (non-hydrogen) atoms. The van der Waals surface area contributed by atoms with E-state index in [1.807, 2.05) is 0 Å². The van der Waals surface area contributed by atoms with Crippen molar-refractivity contribution in [1.29, 1.82) is 0 Å². The summed E-state index contributed by atoms with van der Waals surface area (Å²) >= 11 is 0. The van der Waals surface area contributed by atoms with Crippen LogP contribution in [0.15, 0.2) is 41.5 Å². The van der Waals surface area contributed by atoms with Crippen molar-refractivity contribution in [2.24, 2.45) is 5.73 Å². The van der Waals surface area contributed by atoms with Gasteiger partial charge in [-0.2, -0.15) is 26.3 Å². The molecule has 11 heteroatoms. The molecule has 2 saturated heterocycles. The molecule has 1 aromatic carbocycles. The fourth-order valence-corrected chi connectivity index (χ4v) is 5.77. The zero-order valence-corrected chi connectivity index (χ0v) is 19.6. The maximum atomic E-state index is 14.5. The van der Waals surface area contributed by atoms with E-state index in [9.17, 15) is 35.5 Å². The van der Waals surface area contributed by atoms with Gasteiger partial charge in [-0.3, -0.25) is 9.69 Å². The first-order chi connectivity index (χ1) is 16.8. The number of rotatable bonds is 5. The standard InChI is InChI=1S/C25H28F7N3O/c26-20-11-18(10-19(12-20)25(30,31)32)23(35-7-3-21(4-8-35)34-5-1-2-6-34)13-16(14-24(27,28)29)9-17(15-23)22(33)36/h9-13,21H,1-8,14-15H2,(H2,33,36). The molecule has 1 unspecified atom stereocenters. The fraction of sp³-hybridized carbons (Fsp3) is 0.560. The third kappa shape index (κ3) is 5.77. The number of halogens is 7. The Morgan fingerprint density at radius 2 is 1.64 bits per heavy atom. The Kier molecular flexibility index (Phi) is 7.27. The summed E-state index contributed by atoms with van der Waals surface area (Å²) in [6, 6.07) is 2.28. The smallest absolute Gasteiger partial charge is 0.366 e. The van der Waals surface area contributed by atoms with E-state index >= 15 is 0 Å². The second kappa shape index (κ2) is 9.81. The maximum Gasteiger partial charge on any atom is 0.416 e. The van der Waals surface area contributed by atoms with E-state index in [1.165, 1.54) is 6.08 Å². The van der Waals surface area contributed by atoms with Gasteiger partial charge in [0.25, 0.3) is 0 Å². The van der Waals surface area contributed by atoms with Crippen molar-refractivity contribution in [2.45, 2.75) is 62.5 Å². The maximum absolute atomic E-state index is 14.5. The number of benzene rings is 1. The van der Waals surface area contributed by atoms with E-state index in [2.05, 4.69) is 4.90 Å². The van der Waals surface area contributed by atoms with Gasteiger partial charge in [0.15, 0.2) is 0 Å². The fourth-order valence-electron chi connectivity index (χ4n) is 5.77. The second-order valence-electron chi connectivity index (χ2n) is 9.83. The molecular formula is C25H28F7N3O. The highest BCUT2D eigenvalue weighted by atomic mass is 19.4. The van der Waals surface area contributed by atoms with Crippen molar-refractivity contribution in [1.82, 2.24) is 9.80 Å². The number of carbonyl (C=O) groups excluding carboxylic acids is 1. The van der Waals surface area contributed by atoms with Crippen LogP contribution >= 0.6 is 0 Å². The minimum absolute atomic E-state index is 0.142. The molecule has 2 aliphatic heterocycles. The molecule has 0 bridgehead atoms. The van der Waals surface area contributed by atoms with E-state index < -0.39 is 41.6 Å². The SMILES string of the molecule is NC(=O)C1=CC(CC(F)(F)F)=CC(c2cc(F)cc(C(F)(F)F)c2)(N2CCC(N3CCCC3)CC2)C1. The van der Waals surface area contributed by atoms with E-state index in [0.717, 1.165) is 44.1 Å². The molecule has 0 aromatic heterocycles. The minimum atomic E-state index is -4.86. The lowest BCUT2D eigenvalue weighted by Crippen LogP contribution is -2.53. The molecule has 1 aliphatic carbocycles. The van der Waals surface area contributed by atoms with Gasteiger partial charge in [0, 0.05) is 31.1 Å². The lowest BCUT2D eigenvalue weighted by atomic mass is 9.75. The summed E-state index contributed by atoms with van der Waals surface area (Å²) in [5, 5.41) is 0. The highest BCUT2D eigenvalue weighted by Crippen LogP contribution is 2.46. The van der Waals surface area contributed by atoms with E-state index in [4.69, 9.17) is 5.73 Å². The third-order valence-electron chi connectivity index (χ3n) is 7.38. The van der Waals surface area contributed by atoms with Crippen molar-refractivity contribution in [3.63, 3.8) is 0 Å². The number of amides is 1. The predicted octanol–water partition coefficient (Wildman–Crippen LogP) is 5.29. The van der Waals surface area contributed by atoms with Gasteiger partial charge in [-0.1, -0.05) is 12.2 Å². The van der Waals surface area contributed by atoms with Gasteiger partial charge in [0.1, 0.15) is 5.82 Å². The van der Waals surface area contributed by atoms with Crippen LogP contribution in [0, 0.1) is 5.82 Å². The van der Waals surface area contributed by atoms with Crippen LogP contribution in [-0.2, 0) is 16.5 Å². The predicted molar refractivity (Wildman–Crippen MR) is 119 cm³/mol. The van der Waals surface area contributed by atoms with Crippen LogP contribution in [0.1, 0.15) is 49.7 Å². The molecule has 4 rings (SSSR count). The van der Waals surface area contributed by atoms with Gasteiger partial charge in [0.05, 0.1) is 17.5 Å². The Morgan fingerprint density at radius 1 is 1.00 bits per heavy atom. The average molecular weight is 520 g/mol. The molecule has 0 radical (unpaired) electrons. The van der Waals surface area contributed by atoms with E-state index in [-0.39, 0.29) is 29.2 Å². The number of alkyl halides is 6. The molecular weight excluding hydrogens is 491 g/mol. The van der Waals surface area contributed by atoms with Crippen LogP contribution in [-0.4, -0.2) is 54.1 Å². The normalized spacial score (nSPS) is 25.1. The molecule has 1 atom stereocenters. The van der Waals surface area contributed by atoms with Crippen LogP contribution in [0.25, 0.3) is 0 Å². The Balaban J connectivity index is 1.80. The number of nitrogens with zero attached hydrogens (tertiary/aromatic N) is 2. The highest BCUT2D eigenvalue weighted by molar-refractivity contribution is 5.93. The average Bonchev–Trinajstić information content (AvgIpc) is 3.32. The molecule has 1 amide bonds. The summed E-state index contributed by atoms with van der Waals surface area (Å²) in [6.45, 7) is 2.64. The van der Waals surface area contributed by atoms with Gasteiger partial charge in [-0.15, -0.1) is 0 Å². The Labute approximate surface area is 204 Å². The van der Waals surface area contributed by atoms with Crippen LogP contribution in [0.4, 0.5) is 30.7 Å². The highest BCUT2D eigenvalue weighted by Gasteiger charge is 2.45.